The van der Waals surface area contributed by atoms with E-state index in [2.05, 4.69) is 5.10 Å². The Labute approximate surface area is 150 Å². The van der Waals surface area contributed by atoms with E-state index in [4.69, 9.17) is 4.74 Å². The Balaban J connectivity index is 1.76. The molecule has 4 rings (SSSR count). The summed E-state index contributed by atoms with van der Waals surface area (Å²) in [6, 6.07) is 19.8. The van der Waals surface area contributed by atoms with Gasteiger partial charge in [0.05, 0.1) is 22.2 Å². The highest BCUT2D eigenvalue weighted by Gasteiger charge is 2.33. The van der Waals surface area contributed by atoms with Gasteiger partial charge in [-0.1, -0.05) is 48.2 Å². The maximum atomic E-state index is 12.3. The van der Waals surface area contributed by atoms with Gasteiger partial charge in [0.1, 0.15) is 0 Å². The third-order valence-electron chi connectivity index (χ3n) is 4.04. The lowest BCUT2D eigenvalue weighted by Gasteiger charge is -2.10. The molecule has 3 aromatic rings. The second kappa shape index (κ2) is 6.76. The SMILES string of the molecule is Cc1nn(-c2ccccc2)c(OC(=O)C2CC2)c1Sc1ccccc1. The van der Waals surface area contributed by atoms with Gasteiger partial charge in [-0.2, -0.15) is 9.78 Å². The van der Waals surface area contributed by atoms with Gasteiger partial charge in [-0.3, -0.25) is 4.79 Å². The van der Waals surface area contributed by atoms with Gasteiger partial charge >= 0.3 is 5.97 Å². The second-order valence-corrected chi connectivity index (χ2v) is 7.16. The fraction of sp³-hybridized carbons (Fsp3) is 0.200. The Kier molecular flexibility index (Phi) is 4.32. The summed E-state index contributed by atoms with van der Waals surface area (Å²) in [6.07, 6.45) is 1.83. The lowest BCUT2D eigenvalue weighted by Crippen LogP contribution is -2.13. The minimum absolute atomic E-state index is 0.0361. The van der Waals surface area contributed by atoms with Crippen LogP contribution in [0.3, 0.4) is 0 Å². The quantitative estimate of drug-likeness (QED) is 0.629. The predicted octanol–water partition coefficient (Wildman–Crippen LogP) is 4.65. The van der Waals surface area contributed by atoms with Gasteiger partial charge in [0.2, 0.25) is 5.88 Å². The highest BCUT2D eigenvalue weighted by molar-refractivity contribution is 7.99. The van der Waals surface area contributed by atoms with E-state index in [9.17, 15) is 4.79 Å². The van der Waals surface area contributed by atoms with Crippen molar-refractivity contribution in [2.45, 2.75) is 29.6 Å². The number of carbonyl (C=O) groups is 1. The summed E-state index contributed by atoms with van der Waals surface area (Å²) < 4.78 is 7.51. The molecular weight excluding hydrogens is 332 g/mol. The van der Waals surface area contributed by atoms with E-state index in [1.54, 1.807) is 16.4 Å². The minimum Gasteiger partial charge on any atom is -0.406 e. The van der Waals surface area contributed by atoms with Crippen LogP contribution in [0.5, 0.6) is 5.88 Å². The average Bonchev–Trinajstić information content (AvgIpc) is 3.45. The van der Waals surface area contributed by atoms with Crippen LogP contribution in [0.2, 0.25) is 0 Å². The van der Waals surface area contributed by atoms with E-state index in [0.717, 1.165) is 34.0 Å². The molecule has 0 amide bonds. The van der Waals surface area contributed by atoms with Gasteiger partial charge in [-0.15, -0.1) is 0 Å². The Hall–Kier alpha value is -2.53. The van der Waals surface area contributed by atoms with Crippen LogP contribution in [0.1, 0.15) is 18.5 Å². The zero-order chi connectivity index (χ0) is 17.2. The molecule has 2 aromatic carbocycles. The molecular formula is C20H18N2O2S. The summed E-state index contributed by atoms with van der Waals surface area (Å²) in [4.78, 5) is 14.3. The molecule has 5 heteroatoms. The van der Waals surface area contributed by atoms with Crippen molar-refractivity contribution in [2.75, 3.05) is 0 Å². The number of aromatic nitrogens is 2. The van der Waals surface area contributed by atoms with E-state index >= 15 is 0 Å². The number of benzene rings is 2. The number of nitrogens with zero attached hydrogens (tertiary/aromatic N) is 2. The Morgan fingerprint density at radius 1 is 1.08 bits per heavy atom. The van der Waals surface area contributed by atoms with Gasteiger partial charge in [0.15, 0.2) is 0 Å². The summed E-state index contributed by atoms with van der Waals surface area (Å²) in [5, 5.41) is 4.63. The number of rotatable bonds is 5. The molecule has 1 aliphatic carbocycles. The fourth-order valence-electron chi connectivity index (χ4n) is 2.55. The minimum atomic E-state index is -0.160. The fourth-order valence-corrected chi connectivity index (χ4v) is 3.48. The topological polar surface area (TPSA) is 44.1 Å². The van der Waals surface area contributed by atoms with Crippen LogP contribution >= 0.6 is 11.8 Å². The summed E-state index contributed by atoms with van der Waals surface area (Å²) >= 11 is 1.57. The predicted molar refractivity (Wildman–Crippen MR) is 97.2 cm³/mol. The van der Waals surface area contributed by atoms with E-state index in [1.165, 1.54) is 0 Å². The Morgan fingerprint density at radius 3 is 2.36 bits per heavy atom. The Morgan fingerprint density at radius 2 is 1.72 bits per heavy atom. The van der Waals surface area contributed by atoms with Gasteiger partial charge < -0.3 is 4.74 Å². The highest BCUT2D eigenvalue weighted by Crippen LogP contribution is 2.40. The van der Waals surface area contributed by atoms with Crippen LogP contribution in [-0.4, -0.2) is 15.7 Å². The molecule has 0 unspecified atom stereocenters. The number of esters is 1. The van der Waals surface area contributed by atoms with Crippen molar-refractivity contribution in [3.05, 3.63) is 66.4 Å². The molecule has 25 heavy (non-hydrogen) atoms. The summed E-state index contributed by atoms with van der Waals surface area (Å²) in [7, 11) is 0. The molecule has 126 valence electrons. The van der Waals surface area contributed by atoms with Crippen LogP contribution in [0.4, 0.5) is 0 Å². The third kappa shape index (κ3) is 3.46. The highest BCUT2D eigenvalue weighted by atomic mass is 32.2. The normalized spacial score (nSPS) is 13.6. The molecule has 0 spiro atoms. The maximum absolute atomic E-state index is 12.3. The van der Waals surface area contributed by atoms with Crippen molar-refractivity contribution in [3.63, 3.8) is 0 Å². The number of hydrogen-bond donors (Lipinski definition) is 0. The number of para-hydroxylation sites is 1. The first-order valence-corrected chi connectivity index (χ1v) is 9.13. The molecule has 0 bridgehead atoms. The molecule has 0 saturated heterocycles. The molecule has 0 aliphatic heterocycles. The molecule has 1 aromatic heterocycles. The summed E-state index contributed by atoms with van der Waals surface area (Å²) in [5.74, 6) is 0.385. The van der Waals surface area contributed by atoms with E-state index in [0.29, 0.717) is 5.88 Å². The van der Waals surface area contributed by atoms with E-state index in [1.807, 2.05) is 67.6 Å². The average molecular weight is 350 g/mol. The molecule has 0 radical (unpaired) electrons. The summed E-state index contributed by atoms with van der Waals surface area (Å²) in [6.45, 7) is 1.94. The zero-order valence-electron chi connectivity index (χ0n) is 13.9. The van der Waals surface area contributed by atoms with Crippen LogP contribution in [0.15, 0.2) is 70.5 Å². The van der Waals surface area contributed by atoms with Crippen LogP contribution in [-0.2, 0) is 4.79 Å². The van der Waals surface area contributed by atoms with Crippen LogP contribution in [0.25, 0.3) is 5.69 Å². The smallest absolute Gasteiger partial charge is 0.315 e. The zero-order valence-corrected chi connectivity index (χ0v) is 14.7. The van der Waals surface area contributed by atoms with Gasteiger partial charge in [-0.05, 0) is 44.0 Å². The first-order valence-electron chi connectivity index (χ1n) is 8.32. The van der Waals surface area contributed by atoms with Crippen LogP contribution in [0, 0.1) is 12.8 Å². The number of aryl methyl sites for hydroxylation is 1. The second-order valence-electron chi connectivity index (χ2n) is 6.08. The molecule has 4 nitrogen and oxygen atoms in total. The largest absolute Gasteiger partial charge is 0.406 e. The molecule has 1 aliphatic rings. The van der Waals surface area contributed by atoms with Crippen molar-refractivity contribution in [1.29, 1.82) is 0 Å². The number of carbonyl (C=O) groups excluding carboxylic acids is 1. The molecule has 0 N–H and O–H groups in total. The number of hydrogen-bond acceptors (Lipinski definition) is 4. The molecule has 1 saturated carbocycles. The lowest BCUT2D eigenvalue weighted by molar-refractivity contribution is -0.136. The first kappa shape index (κ1) is 16.0. The summed E-state index contributed by atoms with van der Waals surface area (Å²) in [5.41, 5.74) is 1.72. The standard InChI is InChI=1S/C20H18N2O2S/c1-14-18(25-17-10-6-3-7-11-17)19(24-20(23)15-12-13-15)22(21-14)16-8-4-2-5-9-16/h2-11,15H,12-13H2,1H3. The van der Waals surface area contributed by atoms with Gasteiger partial charge in [0, 0.05) is 4.90 Å². The lowest BCUT2D eigenvalue weighted by atomic mass is 10.3. The van der Waals surface area contributed by atoms with E-state index in [-0.39, 0.29) is 11.9 Å². The van der Waals surface area contributed by atoms with Crippen molar-refractivity contribution in [1.82, 2.24) is 9.78 Å². The maximum Gasteiger partial charge on any atom is 0.315 e. The van der Waals surface area contributed by atoms with Crippen molar-refractivity contribution >= 4 is 17.7 Å². The monoisotopic (exact) mass is 350 g/mol. The van der Waals surface area contributed by atoms with Crippen molar-refractivity contribution < 1.29 is 9.53 Å². The van der Waals surface area contributed by atoms with Crippen molar-refractivity contribution in [3.8, 4) is 11.6 Å². The van der Waals surface area contributed by atoms with E-state index < -0.39 is 0 Å². The Bertz CT molecular complexity index is 887. The van der Waals surface area contributed by atoms with Crippen LogP contribution < -0.4 is 4.74 Å². The van der Waals surface area contributed by atoms with Gasteiger partial charge in [-0.25, -0.2) is 0 Å². The first-order chi connectivity index (χ1) is 12.2. The van der Waals surface area contributed by atoms with Gasteiger partial charge in [0.25, 0.3) is 0 Å². The number of ether oxygens (including phenoxy) is 1. The van der Waals surface area contributed by atoms with Crippen molar-refractivity contribution in [2.24, 2.45) is 5.92 Å². The third-order valence-corrected chi connectivity index (χ3v) is 5.22. The molecule has 0 atom stereocenters. The molecule has 1 fully saturated rings. The molecule has 1 heterocycles.